The molecule has 0 spiro atoms. The molecule has 0 bridgehead atoms. The van der Waals surface area contributed by atoms with Crippen molar-refractivity contribution in [2.24, 2.45) is 5.92 Å². The Balaban J connectivity index is 1.88. The van der Waals surface area contributed by atoms with Crippen LogP contribution >= 0.6 is 11.6 Å². The number of para-hydroxylation sites is 1. The molecular weight excluding hydrogens is 304 g/mol. The molecule has 2 aliphatic rings. The van der Waals surface area contributed by atoms with Gasteiger partial charge in [0.15, 0.2) is 0 Å². The molecule has 22 heavy (non-hydrogen) atoms. The molecule has 0 radical (unpaired) electrons. The largest absolute Gasteiger partial charge is 0.375 e. The number of rotatable bonds is 1. The number of benzene rings is 2. The van der Waals surface area contributed by atoms with Crippen LogP contribution in [-0.2, 0) is 0 Å². The molecule has 1 aliphatic heterocycles. The molecule has 0 saturated heterocycles. The van der Waals surface area contributed by atoms with Crippen molar-refractivity contribution in [2.45, 2.75) is 18.4 Å². The monoisotopic (exact) mass is 317 g/mol. The lowest BCUT2D eigenvalue weighted by Gasteiger charge is -2.38. The summed E-state index contributed by atoms with van der Waals surface area (Å²) in [4.78, 5) is 0. The molecular formula is C18H14ClF2N. The number of fused-ring (bicyclic) bond motifs is 3. The van der Waals surface area contributed by atoms with Crippen molar-refractivity contribution in [1.29, 1.82) is 0 Å². The molecule has 3 atom stereocenters. The number of allylic oxidation sites excluding steroid dienone is 2. The summed E-state index contributed by atoms with van der Waals surface area (Å²) in [5.74, 6) is -0.430. The van der Waals surface area contributed by atoms with Crippen molar-refractivity contribution in [3.8, 4) is 0 Å². The first-order valence-corrected chi connectivity index (χ1v) is 7.70. The highest BCUT2D eigenvalue weighted by Crippen LogP contribution is 2.51. The Kier molecular flexibility index (Phi) is 3.19. The Morgan fingerprint density at radius 1 is 1.05 bits per heavy atom. The van der Waals surface area contributed by atoms with E-state index in [4.69, 9.17) is 11.6 Å². The number of anilines is 1. The van der Waals surface area contributed by atoms with Crippen LogP contribution in [0.4, 0.5) is 14.5 Å². The Bertz CT molecular complexity index is 751. The van der Waals surface area contributed by atoms with Gasteiger partial charge in [-0.15, -0.1) is 0 Å². The summed E-state index contributed by atoms with van der Waals surface area (Å²) in [7, 11) is 0. The van der Waals surface area contributed by atoms with Crippen LogP contribution in [0.5, 0.6) is 0 Å². The van der Waals surface area contributed by atoms with Crippen LogP contribution in [0.2, 0.25) is 5.02 Å². The van der Waals surface area contributed by atoms with Gasteiger partial charge in [0, 0.05) is 16.5 Å². The predicted molar refractivity (Wildman–Crippen MR) is 84.2 cm³/mol. The molecule has 1 aliphatic carbocycles. The van der Waals surface area contributed by atoms with Crippen LogP contribution in [0.3, 0.4) is 0 Å². The van der Waals surface area contributed by atoms with E-state index in [9.17, 15) is 8.78 Å². The zero-order chi connectivity index (χ0) is 15.3. The van der Waals surface area contributed by atoms with Gasteiger partial charge in [0.1, 0.15) is 11.6 Å². The molecule has 1 N–H and O–H groups in total. The fourth-order valence-electron chi connectivity index (χ4n) is 3.68. The van der Waals surface area contributed by atoms with Gasteiger partial charge in [-0.3, -0.25) is 0 Å². The molecule has 2 aromatic rings. The minimum atomic E-state index is -0.351. The highest BCUT2D eigenvalue weighted by Gasteiger charge is 2.40. The third-order valence-corrected chi connectivity index (χ3v) is 4.99. The molecule has 0 unspecified atom stereocenters. The summed E-state index contributed by atoms with van der Waals surface area (Å²) in [6.07, 6.45) is 4.99. The van der Waals surface area contributed by atoms with Gasteiger partial charge in [0.2, 0.25) is 0 Å². The van der Waals surface area contributed by atoms with Gasteiger partial charge in [-0.05, 0) is 36.1 Å². The Morgan fingerprint density at radius 2 is 1.82 bits per heavy atom. The quantitative estimate of drug-likeness (QED) is 0.690. The second kappa shape index (κ2) is 5.10. The Labute approximate surface area is 132 Å². The van der Waals surface area contributed by atoms with Gasteiger partial charge in [-0.25, -0.2) is 8.78 Å². The number of nitrogens with one attached hydrogen (secondary N) is 1. The molecule has 0 saturated carbocycles. The summed E-state index contributed by atoms with van der Waals surface area (Å²) in [6, 6.07) is 9.40. The molecule has 0 amide bonds. The van der Waals surface area contributed by atoms with Gasteiger partial charge >= 0.3 is 0 Å². The summed E-state index contributed by atoms with van der Waals surface area (Å²) in [5.41, 5.74) is 1.82. The van der Waals surface area contributed by atoms with E-state index < -0.39 is 0 Å². The standard InChI is InChI=1S/C18H14ClF2N/c19-13-7-3-8-14(20)16(13)18-12-5-1-4-10(12)11-6-2-9-15(21)17(11)22-18/h1-4,6-10,12,18,22H,5H2/t10-,12-,18+/m0/s1. The summed E-state index contributed by atoms with van der Waals surface area (Å²) in [6.45, 7) is 0. The van der Waals surface area contributed by atoms with Gasteiger partial charge in [0.25, 0.3) is 0 Å². The van der Waals surface area contributed by atoms with Crippen LogP contribution in [0, 0.1) is 17.6 Å². The zero-order valence-corrected chi connectivity index (χ0v) is 12.4. The minimum absolute atomic E-state index is 0.0904. The van der Waals surface area contributed by atoms with Crippen LogP contribution in [-0.4, -0.2) is 0 Å². The number of hydrogen-bond acceptors (Lipinski definition) is 1. The molecule has 1 nitrogen and oxygen atoms in total. The van der Waals surface area contributed by atoms with Crippen molar-refractivity contribution in [3.05, 3.63) is 76.3 Å². The summed E-state index contributed by atoms with van der Waals surface area (Å²) < 4.78 is 28.5. The number of halogens is 3. The van der Waals surface area contributed by atoms with Gasteiger partial charge in [0.05, 0.1) is 11.7 Å². The van der Waals surface area contributed by atoms with Crippen molar-refractivity contribution in [3.63, 3.8) is 0 Å². The number of hydrogen-bond donors (Lipinski definition) is 1. The van der Waals surface area contributed by atoms with E-state index in [1.165, 1.54) is 12.1 Å². The van der Waals surface area contributed by atoms with Crippen LogP contribution in [0.25, 0.3) is 0 Å². The average molecular weight is 318 g/mol. The third-order valence-electron chi connectivity index (χ3n) is 4.66. The van der Waals surface area contributed by atoms with E-state index in [1.807, 2.05) is 6.07 Å². The third kappa shape index (κ3) is 1.96. The molecule has 0 fully saturated rings. The van der Waals surface area contributed by atoms with Crippen LogP contribution < -0.4 is 5.32 Å². The van der Waals surface area contributed by atoms with Gasteiger partial charge in [-0.2, -0.15) is 0 Å². The van der Waals surface area contributed by atoms with Crippen LogP contribution in [0.1, 0.15) is 29.5 Å². The minimum Gasteiger partial charge on any atom is -0.375 e. The van der Waals surface area contributed by atoms with Gasteiger partial charge in [-0.1, -0.05) is 42.0 Å². The highest BCUT2D eigenvalue weighted by molar-refractivity contribution is 6.31. The normalized spacial score (nSPS) is 25.5. The van der Waals surface area contributed by atoms with E-state index in [1.54, 1.807) is 18.2 Å². The zero-order valence-electron chi connectivity index (χ0n) is 11.7. The first-order valence-electron chi connectivity index (χ1n) is 7.32. The topological polar surface area (TPSA) is 12.0 Å². The molecule has 0 aromatic heterocycles. The second-order valence-electron chi connectivity index (χ2n) is 5.81. The Morgan fingerprint density at radius 3 is 2.64 bits per heavy atom. The van der Waals surface area contributed by atoms with Crippen molar-refractivity contribution < 1.29 is 8.78 Å². The molecule has 112 valence electrons. The molecule has 4 rings (SSSR count). The fraction of sp³-hybridized carbons (Fsp3) is 0.222. The molecule has 2 aromatic carbocycles. The van der Waals surface area contributed by atoms with E-state index in [0.717, 1.165) is 12.0 Å². The molecule has 1 heterocycles. The maximum absolute atomic E-state index is 14.3. The van der Waals surface area contributed by atoms with E-state index in [2.05, 4.69) is 17.5 Å². The SMILES string of the molecule is Fc1cccc2c1N[C@@H](c1c(F)cccc1Cl)[C@H]1CC=C[C@@H]21. The van der Waals surface area contributed by atoms with E-state index >= 15 is 0 Å². The van der Waals surface area contributed by atoms with Gasteiger partial charge < -0.3 is 5.32 Å². The predicted octanol–water partition coefficient (Wildman–Crippen LogP) is 5.44. The lowest BCUT2D eigenvalue weighted by molar-refractivity contribution is 0.409. The van der Waals surface area contributed by atoms with Crippen LogP contribution in [0.15, 0.2) is 48.6 Å². The average Bonchev–Trinajstić information content (AvgIpc) is 2.98. The first kappa shape index (κ1) is 13.8. The van der Waals surface area contributed by atoms with Crippen molar-refractivity contribution in [1.82, 2.24) is 0 Å². The fourth-order valence-corrected chi connectivity index (χ4v) is 3.96. The first-order chi connectivity index (χ1) is 10.7. The second-order valence-corrected chi connectivity index (χ2v) is 6.22. The maximum Gasteiger partial charge on any atom is 0.146 e. The summed E-state index contributed by atoms with van der Waals surface area (Å²) >= 11 is 6.23. The Hall–Kier alpha value is -1.87. The lowest BCUT2D eigenvalue weighted by Crippen LogP contribution is -2.30. The molecule has 4 heteroatoms. The summed E-state index contributed by atoms with van der Waals surface area (Å²) in [5, 5.41) is 3.57. The van der Waals surface area contributed by atoms with Crippen molar-refractivity contribution in [2.75, 3.05) is 5.32 Å². The van der Waals surface area contributed by atoms with E-state index in [0.29, 0.717) is 16.3 Å². The van der Waals surface area contributed by atoms with Crippen molar-refractivity contribution >= 4 is 17.3 Å². The lowest BCUT2D eigenvalue weighted by atomic mass is 9.77. The van der Waals surface area contributed by atoms with E-state index in [-0.39, 0.29) is 29.5 Å². The smallest absolute Gasteiger partial charge is 0.146 e. The maximum atomic E-state index is 14.3. The highest BCUT2D eigenvalue weighted by atomic mass is 35.5.